The number of hydrogen-bond donors (Lipinski definition) is 1. The minimum atomic E-state index is -0.366. The Kier molecular flexibility index (Phi) is 4.66. The Morgan fingerprint density at radius 1 is 1.39 bits per heavy atom. The van der Waals surface area contributed by atoms with Crippen molar-refractivity contribution in [3.63, 3.8) is 0 Å². The van der Waals surface area contributed by atoms with E-state index in [-0.39, 0.29) is 17.6 Å². The maximum Gasteiger partial charge on any atom is 0.326 e. The fraction of sp³-hybridized carbons (Fsp3) is 0.933. The molecule has 1 saturated heterocycles. The first-order chi connectivity index (χ1) is 8.66. The Bertz CT molecular complexity index is 284. The van der Waals surface area contributed by atoms with Crippen molar-refractivity contribution in [2.24, 2.45) is 5.92 Å². The summed E-state index contributed by atoms with van der Waals surface area (Å²) in [5, 5.41) is 3.40. The summed E-state index contributed by atoms with van der Waals surface area (Å²) in [5.74, 6) is 0.719. The van der Waals surface area contributed by atoms with Gasteiger partial charge in [0, 0.05) is 0 Å². The SMILES string of the molecule is CCCC1(C(=O)OC2CCCC(C)C2)CCCN1. The summed E-state index contributed by atoms with van der Waals surface area (Å²) in [6, 6.07) is 0. The van der Waals surface area contributed by atoms with Gasteiger partial charge in [-0.25, -0.2) is 0 Å². The predicted molar refractivity (Wildman–Crippen MR) is 72.4 cm³/mol. The molecular weight excluding hydrogens is 226 g/mol. The Hall–Kier alpha value is -0.570. The molecule has 1 N–H and O–H groups in total. The predicted octanol–water partition coefficient (Wildman–Crippen LogP) is 3.03. The van der Waals surface area contributed by atoms with E-state index in [4.69, 9.17) is 4.74 Å². The van der Waals surface area contributed by atoms with Crippen LogP contribution < -0.4 is 5.32 Å². The highest BCUT2D eigenvalue weighted by molar-refractivity contribution is 5.81. The van der Waals surface area contributed by atoms with Crippen LogP contribution in [0.4, 0.5) is 0 Å². The van der Waals surface area contributed by atoms with Crippen molar-refractivity contribution < 1.29 is 9.53 Å². The summed E-state index contributed by atoms with van der Waals surface area (Å²) in [7, 11) is 0. The molecule has 104 valence electrons. The van der Waals surface area contributed by atoms with Crippen LogP contribution in [-0.2, 0) is 9.53 Å². The average molecular weight is 253 g/mol. The van der Waals surface area contributed by atoms with Crippen LogP contribution in [0.3, 0.4) is 0 Å². The molecule has 3 unspecified atom stereocenters. The molecule has 3 atom stereocenters. The maximum absolute atomic E-state index is 12.4. The number of hydrogen-bond acceptors (Lipinski definition) is 3. The number of rotatable bonds is 4. The van der Waals surface area contributed by atoms with Gasteiger partial charge in [0.05, 0.1) is 0 Å². The van der Waals surface area contributed by atoms with Gasteiger partial charge in [-0.1, -0.05) is 26.7 Å². The van der Waals surface area contributed by atoms with E-state index in [0.717, 1.165) is 45.1 Å². The second-order valence-corrected chi connectivity index (χ2v) is 6.16. The smallest absolute Gasteiger partial charge is 0.326 e. The molecule has 0 aromatic carbocycles. The first-order valence-electron chi connectivity index (χ1n) is 7.62. The molecule has 0 aromatic rings. The summed E-state index contributed by atoms with van der Waals surface area (Å²) in [4.78, 5) is 12.4. The highest BCUT2D eigenvalue weighted by atomic mass is 16.5. The zero-order valence-electron chi connectivity index (χ0n) is 11.8. The van der Waals surface area contributed by atoms with Gasteiger partial charge in [-0.2, -0.15) is 0 Å². The van der Waals surface area contributed by atoms with Crippen LogP contribution in [0.5, 0.6) is 0 Å². The van der Waals surface area contributed by atoms with Crippen LogP contribution in [0.15, 0.2) is 0 Å². The molecule has 3 nitrogen and oxygen atoms in total. The van der Waals surface area contributed by atoms with Crippen molar-refractivity contribution in [1.29, 1.82) is 0 Å². The zero-order chi connectivity index (χ0) is 13.0. The van der Waals surface area contributed by atoms with Gasteiger partial charge in [-0.15, -0.1) is 0 Å². The normalized spacial score (nSPS) is 36.6. The van der Waals surface area contributed by atoms with E-state index in [1.165, 1.54) is 12.8 Å². The third-order valence-corrected chi connectivity index (χ3v) is 4.47. The minimum Gasteiger partial charge on any atom is -0.461 e. The lowest BCUT2D eigenvalue weighted by Gasteiger charge is -2.32. The zero-order valence-corrected chi connectivity index (χ0v) is 11.8. The van der Waals surface area contributed by atoms with Gasteiger partial charge in [-0.3, -0.25) is 4.79 Å². The highest BCUT2D eigenvalue weighted by Gasteiger charge is 2.42. The maximum atomic E-state index is 12.4. The van der Waals surface area contributed by atoms with E-state index < -0.39 is 0 Å². The summed E-state index contributed by atoms with van der Waals surface area (Å²) in [6.45, 7) is 5.35. The molecule has 1 aliphatic heterocycles. The van der Waals surface area contributed by atoms with Crippen LogP contribution in [0.25, 0.3) is 0 Å². The van der Waals surface area contributed by atoms with E-state index in [2.05, 4.69) is 19.2 Å². The lowest BCUT2D eigenvalue weighted by molar-refractivity contribution is -0.159. The van der Waals surface area contributed by atoms with E-state index in [1.54, 1.807) is 0 Å². The summed E-state index contributed by atoms with van der Waals surface area (Å²) >= 11 is 0. The Morgan fingerprint density at radius 3 is 2.83 bits per heavy atom. The highest BCUT2D eigenvalue weighted by Crippen LogP contribution is 2.30. The van der Waals surface area contributed by atoms with Gasteiger partial charge in [-0.05, 0) is 51.0 Å². The van der Waals surface area contributed by atoms with Gasteiger partial charge in [0.1, 0.15) is 11.6 Å². The van der Waals surface area contributed by atoms with Gasteiger partial charge in [0.25, 0.3) is 0 Å². The van der Waals surface area contributed by atoms with Gasteiger partial charge < -0.3 is 10.1 Å². The molecule has 2 aliphatic rings. The second-order valence-electron chi connectivity index (χ2n) is 6.16. The van der Waals surface area contributed by atoms with Crippen LogP contribution in [0.2, 0.25) is 0 Å². The first kappa shape index (κ1) is 13.9. The molecule has 18 heavy (non-hydrogen) atoms. The van der Waals surface area contributed by atoms with E-state index in [1.807, 2.05) is 0 Å². The van der Waals surface area contributed by atoms with Gasteiger partial charge in [0.2, 0.25) is 0 Å². The lowest BCUT2D eigenvalue weighted by Crippen LogP contribution is -2.49. The van der Waals surface area contributed by atoms with Gasteiger partial charge in [0.15, 0.2) is 0 Å². The second kappa shape index (κ2) is 6.05. The van der Waals surface area contributed by atoms with Crippen molar-refractivity contribution in [1.82, 2.24) is 5.32 Å². The van der Waals surface area contributed by atoms with Crippen LogP contribution in [-0.4, -0.2) is 24.2 Å². The molecule has 1 saturated carbocycles. The molecule has 0 radical (unpaired) electrons. The van der Waals surface area contributed by atoms with Crippen molar-refractivity contribution in [2.75, 3.05) is 6.54 Å². The third-order valence-electron chi connectivity index (χ3n) is 4.47. The summed E-state index contributed by atoms with van der Waals surface area (Å²) < 4.78 is 5.80. The number of esters is 1. The lowest BCUT2D eigenvalue weighted by atomic mass is 9.88. The van der Waals surface area contributed by atoms with Crippen molar-refractivity contribution >= 4 is 5.97 Å². The topological polar surface area (TPSA) is 38.3 Å². The molecule has 0 amide bonds. The van der Waals surface area contributed by atoms with Crippen molar-refractivity contribution in [3.05, 3.63) is 0 Å². The van der Waals surface area contributed by atoms with E-state index >= 15 is 0 Å². The Balaban J connectivity index is 1.92. The van der Waals surface area contributed by atoms with Crippen molar-refractivity contribution in [3.8, 4) is 0 Å². The molecule has 1 aliphatic carbocycles. The largest absolute Gasteiger partial charge is 0.461 e. The number of carbonyl (C=O) groups is 1. The van der Waals surface area contributed by atoms with Crippen LogP contribution in [0.1, 0.15) is 65.2 Å². The van der Waals surface area contributed by atoms with E-state index in [9.17, 15) is 4.79 Å². The van der Waals surface area contributed by atoms with Gasteiger partial charge >= 0.3 is 5.97 Å². The summed E-state index contributed by atoms with van der Waals surface area (Å²) in [5.41, 5.74) is -0.366. The molecule has 2 rings (SSSR count). The third kappa shape index (κ3) is 3.05. The molecule has 2 fully saturated rings. The quantitative estimate of drug-likeness (QED) is 0.783. The average Bonchev–Trinajstić information content (AvgIpc) is 2.79. The molecule has 1 heterocycles. The number of nitrogens with one attached hydrogen (secondary N) is 1. The van der Waals surface area contributed by atoms with Crippen LogP contribution >= 0.6 is 0 Å². The minimum absolute atomic E-state index is 0.0148. The molecule has 3 heteroatoms. The molecule has 0 aromatic heterocycles. The molecular formula is C15H27NO2. The van der Waals surface area contributed by atoms with Crippen molar-refractivity contribution in [2.45, 2.75) is 76.9 Å². The molecule has 0 bridgehead atoms. The monoisotopic (exact) mass is 253 g/mol. The standard InChI is InChI=1S/C15H27NO2/c1-3-8-15(9-5-10-16-15)14(17)18-13-7-4-6-12(2)11-13/h12-13,16H,3-11H2,1-2H3. The summed E-state index contributed by atoms with van der Waals surface area (Å²) in [6.07, 6.45) is 8.74. The Labute approximate surface area is 111 Å². The van der Waals surface area contributed by atoms with Crippen LogP contribution in [0, 0.1) is 5.92 Å². The first-order valence-corrected chi connectivity index (χ1v) is 7.62. The fourth-order valence-corrected chi connectivity index (χ4v) is 3.47. The fourth-order valence-electron chi connectivity index (χ4n) is 3.47. The number of ether oxygens (including phenoxy) is 1. The van der Waals surface area contributed by atoms with E-state index in [0.29, 0.717) is 5.92 Å². The Morgan fingerprint density at radius 2 is 2.22 bits per heavy atom. The molecule has 0 spiro atoms. The number of carbonyl (C=O) groups excluding carboxylic acids is 1.